The number of benzene rings is 1. The highest BCUT2D eigenvalue weighted by atomic mass is 79.9. The van der Waals surface area contributed by atoms with Crippen LogP contribution in [0.4, 0.5) is 4.39 Å². The maximum Gasteiger partial charge on any atom is 0.255 e. The van der Waals surface area contributed by atoms with E-state index in [1.54, 1.807) is 24.5 Å². The lowest BCUT2D eigenvalue weighted by Gasteiger charge is -2.16. The summed E-state index contributed by atoms with van der Waals surface area (Å²) in [5.74, 6) is -0.680. The lowest BCUT2D eigenvalue weighted by atomic mass is 10.2. The highest BCUT2D eigenvalue weighted by molar-refractivity contribution is 9.10. The second-order valence-corrected chi connectivity index (χ2v) is 5.98. The molecule has 0 saturated heterocycles. The van der Waals surface area contributed by atoms with Crippen LogP contribution < -0.4 is 0 Å². The minimum absolute atomic E-state index is 0.196. The molecule has 0 bridgehead atoms. The van der Waals surface area contributed by atoms with Crippen molar-refractivity contribution in [2.45, 2.75) is 13.5 Å². The zero-order chi connectivity index (χ0) is 14.0. The summed E-state index contributed by atoms with van der Waals surface area (Å²) in [6.45, 7) is 2.32. The Morgan fingerprint density at radius 2 is 2.26 bits per heavy atom. The molecule has 3 nitrogen and oxygen atoms in total. The fraction of sp³-hybridized carbons (Fsp3) is 0.231. The molecular weight excluding hydrogens is 331 g/mol. The van der Waals surface area contributed by atoms with Crippen molar-refractivity contribution >= 4 is 33.2 Å². The molecule has 100 valence electrons. The van der Waals surface area contributed by atoms with E-state index < -0.39 is 5.82 Å². The van der Waals surface area contributed by atoms with E-state index in [0.29, 0.717) is 12.1 Å². The van der Waals surface area contributed by atoms with Gasteiger partial charge in [-0.3, -0.25) is 4.79 Å². The lowest BCUT2D eigenvalue weighted by Crippen LogP contribution is -2.26. The molecule has 6 heteroatoms. The molecule has 0 spiro atoms. The summed E-state index contributed by atoms with van der Waals surface area (Å²) in [7, 11) is 1.67. The van der Waals surface area contributed by atoms with E-state index in [4.69, 9.17) is 0 Å². The van der Waals surface area contributed by atoms with Gasteiger partial charge in [-0.15, -0.1) is 11.3 Å². The van der Waals surface area contributed by atoms with E-state index in [-0.39, 0.29) is 10.4 Å². The molecule has 1 heterocycles. The first kappa shape index (κ1) is 14.1. The highest BCUT2D eigenvalue weighted by Crippen LogP contribution is 2.22. The van der Waals surface area contributed by atoms with E-state index in [1.807, 2.05) is 12.3 Å². The van der Waals surface area contributed by atoms with Crippen LogP contribution in [0.1, 0.15) is 21.1 Å². The first-order chi connectivity index (χ1) is 8.99. The molecule has 0 radical (unpaired) electrons. The van der Waals surface area contributed by atoms with E-state index in [0.717, 1.165) is 10.7 Å². The van der Waals surface area contributed by atoms with Crippen LogP contribution in [0.3, 0.4) is 0 Å². The summed E-state index contributed by atoms with van der Waals surface area (Å²) in [4.78, 5) is 18.1. The summed E-state index contributed by atoms with van der Waals surface area (Å²) in [5, 5.41) is 2.88. The Kier molecular flexibility index (Phi) is 4.31. The van der Waals surface area contributed by atoms with Gasteiger partial charge in [-0.2, -0.15) is 0 Å². The molecule has 2 rings (SSSR count). The van der Waals surface area contributed by atoms with Crippen molar-refractivity contribution in [2.24, 2.45) is 0 Å². The third-order valence-corrected chi connectivity index (χ3v) is 4.22. The fourth-order valence-electron chi connectivity index (χ4n) is 1.67. The molecule has 2 aromatic rings. The van der Waals surface area contributed by atoms with Gasteiger partial charge in [-0.1, -0.05) is 6.07 Å². The third kappa shape index (κ3) is 3.19. The number of hydrogen-bond donors (Lipinski definition) is 0. The first-order valence-electron chi connectivity index (χ1n) is 5.59. The van der Waals surface area contributed by atoms with E-state index in [2.05, 4.69) is 20.9 Å². The average molecular weight is 343 g/mol. The maximum atomic E-state index is 13.4. The number of rotatable bonds is 3. The number of carbonyl (C=O) groups is 1. The van der Waals surface area contributed by atoms with Gasteiger partial charge in [0.1, 0.15) is 5.82 Å². The molecule has 0 aliphatic heterocycles. The van der Waals surface area contributed by atoms with Crippen LogP contribution >= 0.6 is 27.3 Å². The van der Waals surface area contributed by atoms with Crippen molar-refractivity contribution in [3.8, 4) is 0 Å². The lowest BCUT2D eigenvalue weighted by molar-refractivity contribution is 0.0782. The summed E-state index contributed by atoms with van der Waals surface area (Å²) >= 11 is 4.64. The molecule has 0 fully saturated rings. The topological polar surface area (TPSA) is 33.2 Å². The van der Waals surface area contributed by atoms with Crippen LogP contribution in [0.25, 0.3) is 0 Å². The van der Waals surface area contributed by atoms with Crippen molar-refractivity contribution in [3.63, 3.8) is 0 Å². The monoisotopic (exact) mass is 342 g/mol. The SMILES string of the molecule is Cc1nc(CN(C)C(=O)c2cccc(F)c2Br)cs1. The van der Waals surface area contributed by atoms with Gasteiger partial charge in [0.05, 0.1) is 27.3 Å². The van der Waals surface area contributed by atoms with Crippen molar-refractivity contribution < 1.29 is 9.18 Å². The average Bonchev–Trinajstić information content (AvgIpc) is 2.77. The van der Waals surface area contributed by atoms with Crippen molar-refractivity contribution in [1.82, 2.24) is 9.88 Å². The van der Waals surface area contributed by atoms with Crippen molar-refractivity contribution in [2.75, 3.05) is 7.05 Å². The molecular formula is C13H12BrFN2OS. The highest BCUT2D eigenvalue weighted by Gasteiger charge is 2.17. The van der Waals surface area contributed by atoms with Gasteiger partial charge in [0.2, 0.25) is 0 Å². The van der Waals surface area contributed by atoms with Crippen molar-refractivity contribution in [1.29, 1.82) is 0 Å². The van der Waals surface area contributed by atoms with Crippen LogP contribution in [0, 0.1) is 12.7 Å². The van der Waals surface area contributed by atoms with Crippen LogP contribution in [0.2, 0.25) is 0 Å². The largest absolute Gasteiger partial charge is 0.336 e. The summed E-state index contributed by atoms with van der Waals surface area (Å²) in [6.07, 6.45) is 0. The van der Waals surface area contributed by atoms with Gasteiger partial charge in [0, 0.05) is 12.4 Å². The van der Waals surface area contributed by atoms with Crippen LogP contribution in [0.5, 0.6) is 0 Å². The molecule has 0 N–H and O–H groups in total. The minimum Gasteiger partial charge on any atom is -0.336 e. The Labute approximate surface area is 123 Å². The number of amides is 1. The normalized spacial score (nSPS) is 10.5. The van der Waals surface area contributed by atoms with Gasteiger partial charge in [-0.05, 0) is 35.0 Å². The van der Waals surface area contributed by atoms with Gasteiger partial charge >= 0.3 is 0 Å². The first-order valence-corrected chi connectivity index (χ1v) is 7.27. The number of nitrogens with zero attached hydrogens (tertiary/aromatic N) is 2. The Morgan fingerprint density at radius 3 is 2.89 bits per heavy atom. The number of halogens is 2. The molecule has 1 aromatic heterocycles. The predicted molar refractivity (Wildman–Crippen MR) is 76.7 cm³/mol. The maximum absolute atomic E-state index is 13.4. The molecule has 1 amide bonds. The van der Waals surface area contributed by atoms with Crippen LogP contribution in [-0.2, 0) is 6.54 Å². The smallest absolute Gasteiger partial charge is 0.255 e. The molecule has 0 aliphatic rings. The number of aryl methyl sites for hydroxylation is 1. The molecule has 0 aliphatic carbocycles. The fourth-order valence-corrected chi connectivity index (χ4v) is 2.71. The molecule has 0 saturated carbocycles. The zero-order valence-corrected chi connectivity index (χ0v) is 12.9. The molecule has 19 heavy (non-hydrogen) atoms. The standard InChI is InChI=1S/C13H12BrFN2OS/c1-8-16-9(7-19-8)6-17(2)13(18)10-4-3-5-11(15)12(10)14/h3-5,7H,6H2,1-2H3. The van der Waals surface area contributed by atoms with Gasteiger partial charge in [0.15, 0.2) is 0 Å². The zero-order valence-electron chi connectivity index (χ0n) is 10.5. The number of carbonyl (C=O) groups excluding carboxylic acids is 1. The van der Waals surface area contributed by atoms with Crippen LogP contribution in [0.15, 0.2) is 28.1 Å². The van der Waals surface area contributed by atoms with Gasteiger partial charge in [-0.25, -0.2) is 9.37 Å². The van der Waals surface area contributed by atoms with E-state index >= 15 is 0 Å². The Hall–Kier alpha value is -1.27. The number of hydrogen-bond acceptors (Lipinski definition) is 3. The van der Waals surface area contributed by atoms with Crippen molar-refractivity contribution in [3.05, 3.63) is 50.1 Å². The second kappa shape index (κ2) is 5.79. The molecule has 0 unspecified atom stereocenters. The molecule has 1 aromatic carbocycles. The van der Waals surface area contributed by atoms with E-state index in [1.165, 1.54) is 17.0 Å². The minimum atomic E-state index is -0.441. The van der Waals surface area contributed by atoms with Gasteiger partial charge < -0.3 is 4.90 Å². The quantitative estimate of drug-likeness (QED) is 0.853. The Morgan fingerprint density at radius 1 is 1.53 bits per heavy atom. The Balaban J connectivity index is 2.17. The third-order valence-electron chi connectivity index (χ3n) is 2.59. The van der Waals surface area contributed by atoms with Gasteiger partial charge in [0.25, 0.3) is 5.91 Å². The van der Waals surface area contributed by atoms with E-state index in [9.17, 15) is 9.18 Å². The van der Waals surface area contributed by atoms with Crippen LogP contribution in [-0.4, -0.2) is 22.8 Å². The summed E-state index contributed by atoms with van der Waals surface area (Å²) < 4.78 is 13.6. The second-order valence-electron chi connectivity index (χ2n) is 4.12. The predicted octanol–water partition coefficient (Wildman–Crippen LogP) is 3.63. The summed E-state index contributed by atoms with van der Waals surface area (Å²) in [5.41, 5.74) is 1.15. The summed E-state index contributed by atoms with van der Waals surface area (Å²) in [6, 6.07) is 4.43. The Bertz CT molecular complexity index is 614. The number of aromatic nitrogens is 1. The number of thiazole rings is 1. The molecule has 0 atom stereocenters.